The molecule has 6 aliphatic heterocycles. The fraction of sp³-hybridized carbons (Fsp3) is 0.493. The number of ether oxygens (including phenoxy) is 5. The molecule has 9 N–H and O–H groups in total. The van der Waals surface area contributed by atoms with Crippen LogP contribution in [0.2, 0.25) is 0 Å². The molecule has 13 atom stereocenters. The van der Waals surface area contributed by atoms with E-state index in [1.165, 1.54) is 18.9 Å². The van der Waals surface area contributed by atoms with Crippen molar-refractivity contribution in [2.75, 3.05) is 51.8 Å². The summed E-state index contributed by atoms with van der Waals surface area (Å²) in [5.74, 6) is 16.6. The molecule has 1 unspecified atom stereocenters. The minimum atomic E-state index is -0.847. The molecule has 4 aromatic carbocycles. The molecule has 0 amide bonds. The Morgan fingerprint density at radius 1 is 0.941 bits per heavy atom. The first-order chi connectivity index (χ1) is 41.5. The largest absolute Gasteiger partial charge is 0.508 e. The monoisotopic (exact) mass is 1190 g/mol. The maximum atomic E-state index is 13.4. The standard InChI is InChI=1S/C69H78N4O10S2/c1-39(76)80-35-55-51-17-18-52-61-45(27-48(77)28-58(61)81-38-75)30-69-25-24-43(29-69)49(16-14-40-8-4-3-5-9-40)50-20-23-60(70)73-56(50)21-15-42-11-7-12-44(34-79-2)46(33-74)31-71-32-54-62(42)63(66(55)83-67(51)64(52)69)53-19-22-57-59(82-68(53)65(54)78)37-85-84-36-41-10-6-13-47(26-41)72-57/h3-5,8-9,17-20,22-23,27-28,41-44,46-47,49,55,57,59-60,66,71-75,77-78H,6,10,12-14,16,24-26,29-38,70H2,1-2H3/t41-,42+,43+,44+,46+,47+,49-,55+,57+,59-,60?,66+,69-/m1/s1. The Kier molecular flexibility index (Phi) is 17.0. The van der Waals surface area contributed by atoms with E-state index in [1.54, 1.807) is 13.2 Å². The van der Waals surface area contributed by atoms with Crippen LogP contribution in [0.15, 0.2) is 84.1 Å². The van der Waals surface area contributed by atoms with Gasteiger partial charge in [0.05, 0.1) is 30.4 Å². The predicted octanol–water partition coefficient (Wildman–Crippen LogP) is 9.57. The zero-order valence-corrected chi connectivity index (χ0v) is 50.1. The van der Waals surface area contributed by atoms with Gasteiger partial charge in [-0.3, -0.25) is 4.79 Å². The second-order valence-corrected chi connectivity index (χ2v) is 27.5. The number of hydrogen-bond acceptors (Lipinski definition) is 16. The van der Waals surface area contributed by atoms with E-state index in [4.69, 9.17) is 29.4 Å². The number of aromatic hydroxyl groups is 2. The van der Waals surface area contributed by atoms with E-state index >= 15 is 0 Å². The molecule has 14 nitrogen and oxygen atoms in total. The summed E-state index contributed by atoms with van der Waals surface area (Å²) in [6.07, 6.45) is 16.5. The lowest BCUT2D eigenvalue weighted by atomic mass is 9.64. The van der Waals surface area contributed by atoms with Crippen molar-refractivity contribution in [1.29, 1.82) is 0 Å². The lowest BCUT2D eigenvalue weighted by molar-refractivity contribution is -0.141. The van der Waals surface area contributed by atoms with Gasteiger partial charge < -0.3 is 65.8 Å². The van der Waals surface area contributed by atoms with Crippen molar-refractivity contribution in [2.24, 2.45) is 35.3 Å². The number of carbonyl (C=O) groups excluding carboxylic acids is 1. The number of aliphatic hydroxyl groups is 2. The first-order valence-corrected chi connectivity index (χ1v) is 33.1. The Morgan fingerprint density at radius 2 is 1.81 bits per heavy atom. The van der Waals surface area contributed by atoms with Crippen LogP contribution >= 0.6 is 21.6 Å². The minimum Gasteiger partial charge on any atom is -0.508 e. The highest BCUT2D eigenvalue weighted by molar-refractivity contribution is 8.76. The number of aliphatic hydroxyl groups excluding tert-OH is 2. The van der Waals surface area contributed by atoms with E-state index in [-0.39, 0.29) is 67.1 Å². The van der Waals surface area contributed by atoms with Crippen molar-refractivity contribution >= 4 is 33.6 Å². The van der Waals surface area contributed by atoms with Crippen LogP contribution in [0.3, 0.4) is 0 Å². The summed E-state index contributed by atoms with van der Waals surface area (Å²) >= 11 is 0. The zero-order chi connectivity index (χ0) is 58.3. The van der Waals surface area contributed by atoms with Crippen LogP contribution in [-0.4, -0.2) is 103 Å². The van der Waals surface area contributed by atoms with Gasteiger partial charge in [0, 0.05) is 108 Å². The van der Waals surface area contributed by atoms with Crippen LogP contribution in [0, 0.1) is 53.3 Å². The Hall–Kier alpha value is -6.05. The van der Waals surface area contributed by atoms with Crippen molar-refractivity contribution in [3.8, 4) is 63.6 Å². The van der Waals surface area contributed by atoms with Crippen molar-refractivity contribution in [3.63, 3.8) is 0 Å². The maximum absolute atomic E-state index is 13.4. The van der Waals surface area contributed by atoms with Gasteiger partial charge in [-0.05, 0) is 127 Å². The number of nitrogens with one attached hydrogen (secondary N) is 3. The van der Waals surface area contributed by atoms with Crippen molar-refractivity contribution in [3.05, 3.63) is 129 Å². The van der Waals surface area contributed by atoms with Gasteiger partial charge in [0.2, 0.25) is 0 Å². The Labute approximate surface area is 506 Å². The zero-order valence-electron chi connectivity index (χ0n) is 48.5. The van der Waals surface area contributed by atoms with Crippen molar-refractivity contribution in [1.82, 2.24) is 16.0 Å². The van der Waals surface area contributed by atoms with E-state index in [2.05, 4.69) is 100 Å². The number of aryl methyl sites for hydroxylation is 1. The van der Waals surface area contributed by atoms with Crippen molar-refractivity contribution in [2.45, 2.75) is 132 Å². The highest BCUT2D eigenvalue weighted by atomic mass is 33.1. The van der Waals surface area contributed by atoms with Crippen LogP contribution in [0.5, 0.6) is 28.7 Å². The quantitative estimate of drug-likeness (QED) is 0.0322. The second-order valence-electron chi connectivity index (χ2n) is 25.0. The number of fused-ring (bicyclic) bond motifs is 10. The number of phenolic OH excluding ortho intramolecular Hbond substituents is 2. The van der Waals surface area contributed by atoms with Crippen molar-refractivity contribution < 1.29 is 48.9 Å². The molecule has 6 heterocycles. The predicted molar refractivity (Wildman–Crippen MR) is 332 cm³/mol. The van der Waals surface area contributed by atoms with Gasteiger partial charge in [-0.25, -0.2) is 0 Å². The number of nitrogens with two attached hydrogens (primary N) is 1. The van der Waals surface area contributed by atoms with Crippen LogP contribution in [0.25, 0.3) is 17.2 Å². The van der Waals surface area contributed by atoms with Crippen LogP contribution in [-0.2, 0) is 39.1 Å². The van der Waals surface area contributed by atoms with E-state index in [0.717, 1.165) is 102 Å². The molecule has 13 rings (SSSR count). The molecule has 1 spiro atoms. The number of hydrogen-bond donors (Lipinski definition) is 8. The highest BCUT2D eigenvalue weighted by Gasteiger charge is 2.53. The van der Waals surface area contributed by atoms with Crippen LogP contribution in [0.4, 0.5) is 0 Å². The van der Waals surface area contributed by atoms with Gasteiger partial charge in [0.15, 0.2) is 18.3 Å². The molecule has 3 aliphatic carbocycles. The number of esters is 1. The molecule has 16 heteroatoms. The molecule has 9 aliphatic rings. The number of methoxy groups -OCH3 is 1. The molecule has 6 bridgehead atoms. The van der Waals surface area contributed by atoms with Gasteiger partial charge in [0.1, 0.15) is 42.0 Å². The summed E-state index contributed by atoms with van der Waals surface area (Å²) in [6.45, 7) is 1.69. The molecule has 0 aromatic heterocycles. The summed E-state index contributed by atoms with van der Waals surface area (Å²) in [5, 5.41) is 57.6. The van der Waals surface area contributed by atoms with E-state index in [0.29, 0.717) is 77.6 Å². The van der Waals surface area contributed by atoms with E-state index in [9.17, 15) is 25.2 Å². The lowest BCUT2D eigenvalue weighted by Crippen LogP contribution is -2.49. The van der Waals surface area contributed by atoms with E-state index in [1.807, 2.05) is 33.7 Å². The van der Waals surface area contributed by atoms with Gasteiger partial charge in [-0.1, -0.05) is 101 Å². The maximum Gasteiger partial charge on any atom is 0.302 e. The number of dihydropyridines is 1. The molecular formula is C69H78N4O10S2. The SMILES string of the molecule is COC[C@@H]1CC#C[C@H]2C#CC3=C(C=CC(N)N3)[C@H](CCc3ccccc3)[C@H]3CC[C@]4(Cc5cc(O)cc(OCO)c5-c5ccc6c(c54)O[C@H](c4c5c(c(O)c(c42)CNC[C@H]1CO)O[C@@H]1CSSC[C@@H]2CCC[C@@H](C2)N[C@H]1C=C5)[C@H]6COC(C)=O)C3. The summed E-state index contributed by atoms with van der Waals surface area (Å²) in [5.41, 5.74) is 16.5. The molecule has 446 valence electrons. The third-order valence-corrected chi connectivity index (χ3v) is 22.4. The number of rotatable bonds is 10. The smallest absolute Gasteiger partial charge is 0.302 e. The number of allylic oxidation sites excluding steroid dienone is 3. The summed E-state index contributed by atoms with van der Waals surface area (Å²) in [7, 11) is 5.40. The highest BCUT2D eigenvalue weighted by Crippen LogP contribution is 2.64. The number of benzene rings is 4. The molecule has 4 aromatic rings. The molecule has 2 saturated carbocycles. The number of carbonyl (C=O) groups is 1. The third-order valence-electron chi connectivity index (χ3n) is 19.8. The molecular weight excluding hydrogens is 1110 g/mol. The number of phenols is 2. The average molecular weight is 1190 g/mol. The van der Waals surface area contributed by atoms with Gasteiger partial charge in [-0.2, -0.15) is 0 Å². The fourth-order valence-corrected chi connectivity index (χ4v) is 18.5. The van der Waals surface area contributed by atoms with Gasteiger partial charge in [-0.15, -0.1) is 5.92 Å². The first-order valence-electron chi connectivity index (χ1n) is 30.6. The normalized spacial score (nSPS) is 30.5. The second kappa shape index (κ2) is 25.0. The topological polar surface area (TPSA) is 206 Å². The summed E-state index contributed by atoms with van der Waals surface area (Å²) < 4.78 is 33.4. The third kappa shape index (κ3) is 11.4. The van der Waals surface area contributed by atoms with Crippen LogP contribution in [0.1, 0.15) is 127 Å². The molecule has 1 saturated heterocycles. The minimum absolute atomic E-state index is 0.0163. The molecule has 3 fully saturated rings. The Bertz CT molecular complexity index is 3440. The summed E-state index contributed by atoms with van der Waals surface area (Å²) in [6, 6.07) is 18.4. The first kappa shape index (κ1) is 58.0. The Balaban J connectivity index is 1.11. The fourth-order valence-electron chi connectivity index (χ4n) is 15.9. The van der Waals surface area contributed by atoms with Crippen LogP contribution < -0.4 is 35.9 Å². The average Bonchev–Trinajstić information content (AvgIpc) is 1.78. The molecule has 85 heavy (non-hydrogen) atoms. The molecule has 0 radical (unpaired) electrons. The Morgan fingerprint density at radius 3 is 2.65 bits per heavy atom. The lowest BCUT2D eigenvalue weighted by Gasteiger charge is -2.40. The van der Waals surface area contributed by atoms with Gasteiger partial charge >= 0.3 is 5.97 Å². The summed E-state index contributed by atoms with van der Waals surface area (Å²) in [4.78, 5) is 13.3. The van der Waals surface area contributed by atoms with Gasteiger partial charge in [0.25, 0.3) is 0 Å². The van der Waals surface area contributed by atoms with E-state index < -0.39 is 42.3 Å².